The molecule has 4 rings (SSSR count). The average molecular weight is 482 g/mol. The number of carbonyl (C=O) groups is 1. The molecule has 1 amide bonds. The Morgan fingerprint density at radius 2 is 1.85 bits per heavy atom. The summed E-state index contributed by atoms with van der Waals surface area (Å²) in [7, 11) is -3.51. The van der Waals surface area contributed by atoms with Gasteiger partial charge in [-0.2, -0.15) is 5.26 Å². The fraction of sp³-hybridized carbons (Fsp3) is 0.636. The van der Waals surface area contributed by atoms with Gasteiger partial charge in [0.25, 0.3) is 5.92 Å². The Kier molecular flexibility index (Phi) is 5.91. The van der Waals surface area contributed by atoms with E-state index >= 15 is 0 Å². The first kappa shape index (κ1) is 23.9. The molecule has 0 bridgehead atoms. The largest absolute Gasteiger partial charge is 0.368 e. The summed E-state index contributed by atoms with van der Waals surface area (Å²) in [4.78, 5) is 12.9. The number of nitriles is 1. The van der Waals surface area contributed by atoms with Crippen LogP contribution < -0.4 is 16.1 Å². The second-order valence-corrected chi connectivity index (χ2v) is 12.7. The average Bonchev–Trinajstić information content (AvgIpc) is 3.25. The number of nitrogens with zero attached hydrogens (tertiary/aromatic N) is 2. The molecule has 1 saturated carbocycles. The van der Waals surface area contributed by atoms with Crippen molar-refractivity contribution in [2.75, 3.05) is 11.9 Å². The molecule has 3 N–H and O–H groups in total. The van der Waals surface area contributed by atoms with Crippen LogP contribution in [-0.4, -0.2) is 54.8 Å². The summed E-state index contributed by atoms with van der Waals surface area (Å²) in [5.74, 6) is -4.49. The van der Waals surface area contributed by atoms with Gasteiger partial charge in [0.2, 0.25) is 5.91 Å². The van der Waals surface area contributed by atoms with Crippen LogP contribution in [0.15, 0.2) is 29.2 Å². The Morgan fingerprint density at radius 1 is 1.18 bits per heavy atom. The zero-order valence-electron chi connectivity index (χ0n) is 18.8. The van der Waals surface area contributed by atoms with Crippen LogP contribution >= 0.6 is 0 Å². The molecule has 1 aliphatic carbocycles. The van der Waals surface area contributed by atoms with Crippen molar-refractivity contribution in [3.63, 3.8) is 0 Å². The first-order chi connectivity index (χ1) is 15.3. The van der Waals surface area contributed by atoms with E-state index in [1.54, 1.807) is 37.9 Å². The standard InChI is InChI=1S/C22H29F2N5O3S/c1-21(2,3)33(31,32)15-6-4-14(5-7-15)27-19-18-16(8-9-26-20(18)30)29(28-19)17-11-22(23,24)10-13(17)12-25/h4-7,13,16-19,27-28H,8-11H2,1-3H3,(H,26,30)/t13-,16?,17-,18?,19?/m0/s1. The minimum absolute atomic E-state index is 0.191. The lowest BCUT2D eigenvalue weighted by atomic mass is 9.90. The van der Waals surface area contributed by atoms with Crippen LogP contribution in [0, 0.1) is 23.2 Å². The lowest BCUT2D eigenvalue weighted by molar-refractivity contribution is -0.128. The van der Waals surface area contributed by atoms with Crippen molar-refractivity contribution in [3.8, 4) is 6.07 Å². The molecule has 33 heavy (non-hydrogen) atoms. The van der Waals surface area contributed by atoms with Crippen molar-refractivity contribution < 1.29 is 22.0 Å². The van der Waals surface area contributed by atoms with Crippen molar-refractivity contribution in [2.24, 2.45) is 11.8 Å². The number of alkyl halides is 2. The molecule has 1 aromatic rings. The molecule has 11 heteroatoms. The Morgan fingerprint density at radius 3 is 2.45 bits per heavy atom. The molecule has 0 spiro atoms. The van der Waals surface area contributed by atoms with Gasteiger partial charge in [-0.25, -0.2) is 27.6 Å². The normalized spacial score (nSPS) is 32.1. The summed E-state index contributed by atoms with van der Waals surface area (Å²) in [5, 5.41) is 17.2. The van der Waals surface area contributed by atoms with E-state index in [0.717, 1.165) is 0 Å². The maximum atomic E-state index is 14.1. The number of nitrogens with one attached hydrogen (secondary N) is 3. The molecule has 3 fully saturated rings. The quantitative estimate of drug-likeness (QED) is 0.604. The minimum atomic E-state index is -3.51. The molecule has 5 atom stereocenters. The van der Waals surface area contributed by atoms with Gasteiger partial charge in [-0.15, -0.1) is 0 Å². The van der Waals surface area contributed by atoms with E-state index in [0.29, 0.717) is 18.7 Å². The zero-order chi connectivity index (χ0) is 24.2. The van der Waals surface area contributed by atoms with Crippen molar-refractivity contribution in [1.29, 1.82) is 5.26 Å². The molecule has 180 valence electrons. The SMILES string of the molecule is CC(C)(C)S(=O)(=O)c1ccc(NC2NN([C@H]3CC(F)(F)C[C@H]3C#N)C3CCNC(=O)C23)cc1. The molecular weight excluding hydrogens is 452 g/mol. The Bertz CT molecular complexity index is 1060. The topological polar surface area (TPSA) is 114 Å². The molecule has 3 aliphatic rings. The van der Waals surface area contributed by atoms with Crippen LogP contribution in [0.2, 0.25) is 0 Å². The number of carbonyl (C=O) groups excluding carboxylic acids is 1. The number of hydrogen-bond acceptors (Lipinski definition) is 7. The monoisotopic (exact) mass is 481 g/mol. The van der Waals surface area contributed by atoms with Gasteiger partial charge >= 0.3 is 0 Å². The predicted molar refractivity (Wildman–Crippen MR) is 118 cm³/mol. The molecule has 8 nitrogen and oxygen atoms in total. The first-order valence-corrected chi connectivity index (χ1v) is 12.5. The molecule has 2 saturated heterocycles. The van der Waals surface area contributed by atoms with Crippen LogP contribution in [0.25, 0.3) is 0 Å². The number of amides is 1. The van der Waals surface area contributed by atoms with Crippen molar-refractivity contribution in [2.45, 2.75) is 73.8 Å². The molecule has 1 aromatic carbocycles. The smallest absolute Gasteiger partial charge is 0.251 e. The Hall–Kier alpha value is -2.29. The summed E-state index contributed by atoms with van der Waals surface area (Å²) in [6.07, 6.45) is -0.939. The van der Waals surface area contributed by atoms with Gasteiger partial charge in [0.15, 0.2) is 9.84 Å². The summed E-state index contributed by atoms with van der Waals surface area (Å²) >= 11 is 0. The number of piperidine rings is 1. The fourth-order valence-corrected chi connectivity index (χ4v) is 6.18. The molecule has 2 heterocycles. The van der Waals surface area contributed by atoms with Crippen molar-refractivity contribution in [3.05, 3.63) is 24.3 Å². The van der Waals surface area contributed by atoms with Crippen LogP contribution in [0.1, 0.15) is 40.0 Å². The number of anilines is 1. The molecule has 0 radical (unpaired) electrons. The Balaban J connectivity index is 1.57. The van der Waals surface area contributed by atoms with Crippen molar-refractivity contribution >= 4 is 21.4 Å². The molecule has 0 aromatic heterocycles. The number of rotatable bonds is 4. The molecule has 2 aliphatic heterocycles. The highest BCUT2D eigenvalue weighted by atomic mass is 32.2. The third kappa shape index (κ3) is 4.32. The second-order valence-electron chi connectivity index (χ2n) is 10.0. The maximum absolute atomic E-state index is 14.1. The van der Waals surface area contributed by atoms with Gasteiger partial charge in [-0.3, -0.25) is 4.79 Å². The van der Waals surface area contributed by atoms with E-state index in [-0.39, 0.29) is 16.8 Å². The van der Waals surface area contributed by atoms with E-state index < -0.39 is 57.4 Å². The highest BCUT2D eigenvalue weighted by Gasteiger charge is 2.56. The highest BCUT2D eigenvalue weighted by molar-refractivity contribution is 7.92. The van der Waals surface area contributed by atoms with Gasteiger partial charge in [-0.05, 0) is 51.5 Å². The maximum Gasteiger partial charge on any atom is 0.251 e. The van der Waals surface area contributed by atoms with E-state index in [9.17, 15) is 27.3 Å². The van der Waals surface area contributed by atoms with Crippen LogP contribution in [0.5, 0.6) is 0 Å². The van der Waals surface area contributed by atoms with Crippen LogP contribution in [0.4, 0.5) is 14.5 Å². The second kappa shape index (κ2) is 8.18. The van der Waals surface area contributed by atoms with E-state index in [1.807, 2.05) is 6.07 Å². The third-order valence-electron chi connectivity index (χ3n) is 6.77. The van der Waals surface area contributed by atoms with Gasteiger partial charge in [-0.1, -0.05) is 0 Å². The van der Waals surface area contributed by atoms with Crippen LogP contribution in [-0.2, 0) is 14.6 Å². The molecular formula is C22H29F2N5O3S. The minimum Gasteiger partial charge on any atom is -0.368 e. The first-order valence-electron chi connectivity index (χ1n) is 11.0. The summed E-state index contributed by atoms with van der Waals surface area (Å²) in [5.41, 5.74) is 3.77. The number of sulfone groups is 1. The third-order valence-corrected chi connectivity index (χ3v) is 9.27. The number of fused-ring (bicyclic) bond motifs is 1. The summed E-state index contributed by atoms with van der Waals surface area (Å²) in [6, 6.07) is 7.26. The Labute approximate surface area is 192 Å². The van der Waals surface area contributed by atoms with Crippen molar-refractivity contribution in [1.82, 2.24) is 15.8 Å². The number of benzene rings is 1. The van der Waals surface area contributed by atoms with E-state index in [4.69, 9.17) is 0 Å². The zero-order valence-corrected chi connectivity index (χ0v) is 19.6. The fourth-order valence-electron chi connectivity index (χ4n) is 4.98. The van der Waals surface area contributed by atoms with E-state index in [2.05, 4.69) is 16.1 Å². The number of halogens is 2. The lowest BCUT2D eigenvalue weighted by Gasteiger charge is -2.34. The summed E-state index contributed by atoms with van der Waals surface area (Å²) in [6.45, 7) is 5.34. The predicted octanol–water partition coefficient (Wildman–Crippen LogP) is 2.26. The highest BCUT2D eigenvalue weighted by Crippen LogP contribution is 2.44. The van der Waals surface area contributed by atoms with Crippen LogP contribution in [0.3, 0.4) is 0 Å². The van der Waals surface area contributed by atoms with Gasteiger partial charge in [0.05, 0.1) is 27.5 Å². The van der Waals surface area contributed by atoms with Gasteiger partial charge in [0, 0.05) is 37.2 Å². The number of hydrogen-bond donors (Lipinski definition) is 3. The summed E-state index contributed by atoms with van der Waals surface area (Å²) < 4.78 is 52.6. The lowest BCUT2D eigenvalue weighted by Crippen LogP contribution is -2.52. The van der Waals surface area contributed by atoms with Gasteiger partial charge in [0.1, 0.15) is 6.17 Å². The van der Waals surface area contributed by atoms with E-state index in [1.165, 1.54) is 12.1 Å². The molecule has 3 unspecified atom stereocenters. The van der Waals surface area contributed by atoms with Gasteiger partial charge < -0.3 is 10.6 Å². The number of hydrazine groups is 1.